The van der Waals surface area contributed by atoms with Gasteiger partial charge >= 0.3 is 0 Å². The predicted octanol–water partition coefficient (Wildman–Crippen LogP) is 3.50. The van der Waals surface area contributed by atoms with Gasteiger partial charge in [-0.3, -0.25) is 14.9 Å². The molecule has 4 rings (SSSR count). The van der Waals surface area contributed by atoms with Crippen LogP contribution < -0.4 is 5.32 Å². The Bertz CT molecular complexity index is 1130. The summed E-state index contributed by atoms with van der Waals surface area (Å²) in [6, 6.07) is 5.25. The Kier molecular flexibility index (Phi) is 6.47. The number of carbonyl (C=O) groups is 2. The minimum absolute atomic E-state index is 0.0114. The molecule has 3 aromatic rings. The van der Waals surface area contributed by atoms with Gasteiger partial charge in [-0.2, -0.15) is 4.98 Å². The standard InChI is InChI=1S/C20H22Cl2N6O2S/c1-26(2)6-3-7-27-10-12(8-17(27)29)18(30)23-19-24-20-28(25-19)16(11-31-20)14-5-4-13(21)9-15(14)22/h4-5,9,11-12H,3,6-8,10H2,1-2H3,(H,23,25,30). The first-order valence-corrected chi connectivity index (χ1v) is 11.5. The van der Waals surface area contributed by atoms with E-state index < -0.39 is 5.92 Å². The molecule has 1 N–H and O–H groups in total. The molecular formula is C20H22Cl2N6O2S. The Balaban J connectivity index is 1.44. The Labute approximate surface area is 193 Å². The molecule has 1 aliphatic heterocycles. The van der Waals surface area contributed by atoms with E-state index in [1.165, 1.54) is 11.3 Å². The maximum absolute atomic E-state index is 12.7. The van der Waals surface area contributed by atoms with Crippen LogP contribution in [0.25, 0.3) is 16.2 Å². The monoisotopic (exact) mass is 480 g/mol. The number of nitrogens with one attached hydrogen (secondary N) is 1. The van der Waals surface area contributed by atoms with Gasteiger partial charge < -0.3 is 9.80 Å². The maximum atomic E-state index is 12.7. The molecule has 2 amide bonds. The number of thiazole rings is 1. The number of hydrogen-bond acceptors (Lipinski definition) is 6. The lowest BCUT2D eigenvalue weighted by Gasteiger charge is -2.17. The third-order valence-electron chi connectivity index (χ3n) is 5.14. The van der Waals surface area contributed by atoms with Crippen molar-refractivity contribution in [2.45, 2.75) is 12.8 Å². The molecule has 0 aliphatic carbocycles. The number of amides is 2. The fourth-order valence-corrected chi connectivity index (χ4v) is 4.90. The second-order valence-electron chi connectivity index (χ2n) is 7.76. The SMILES string of the molecule is CN(C)CCCN1CC(C(=O)Nc2nc3scc(-c4ccc(Cl)cc4Cl)n3n2)CC1=O. The summed E-state index contributed by atoms with van der Waals surface area (Å²) in [6.45, 7) is 1.98. The van der Waals surface area contributed by atoms with E-state index >= 15 is 0 Å². The molecule has 1 fully saturated rings. The van der Waals surface area contributed by atoms with Crippen LogP contribution in [0.4, 0.5) is 5.95 Å². The first-order valence-electron chi connectivity index (χ1n) is 9.85. The number of hydrogen-bond donors (Lipinski definition) is 1. The van der Waals surface area contributed by atoms with E-state index in [0.717, 1.165) is 24.2 Å². The predicted molar refractivity (Wildman–Crippen MR) is 123 cm³/mol. The molecule has 2 aromatic heterocycles. The zero-order valence-electron chi connectivity index (χ0n) is 17.1. The van der Waals surface area contributed by atoms with Gasteiger partial charge in [0.25, 0.3) is 0 Å². The van der Waals surface area contributed by atoms with Crippen molar-refractivity contribution >= 4 is 57.3 Å². The van der Waals surface area contributed by atoms with Gasteiger partial charge in [-0.25, -0.2) is 4.52 Å². The average molecular weight is 481 g/mol. The van der Waals surface area contributed by atoms with Gasteiger partial charge in [0.1, 0.15) is 0 Å². The van der Waals surface area contributed by atoms with Crippen LogP contribution in [0.3, 0.4) is 0 Å². The van der Waals surface area contributed by atoms with E-state index in [4.69, 9.17) is 23.2 Å². The van der Waals surface area contributed by atoms with Gasteiger partial charge in [-0.15, -0.1) is 16.4 Å². The summed E-state index contributed by atoms with van der Waals surface area (Å²) in [6.07, 6.45) is 1.09. The Morgan fingerprint density at radius 3 is 2.90 bits per heavy atom. The average Bonchev–Trinajstić information content (AvgIpc) is 3.37. The molecule has 0 spiro atoms. The number of anilines is 1. The summed E-state index contributed by atoms with van der Waals surface area (Å²) in [7, 11) is 3.99. The first-order chi connectivity index (χ1) is 14.8. The van der Waals surface area contributed by atoms with Crippen molar-refractivity contribution in [1.29, 1.82) is 0 Å². The lowest BCUT2D eigenvalue weighted by molar-refractivity contribution is -0.128. The number of benzene rings is 1. The summed E-state index contributed by atoms with van der Waals surface area (Å²) in [5, 5.41) is 10.1. The second kappa shape index (κ2) is 9.12. The summed E-state index contributed by atoms with van der Waals surface area (Å²) in [5.74, 6) is -0.426. The molecule has 0 radical (unpaired) electrons. The highest BCUT2D eigenvalue weighted by molar-refractivity contribution is 7.15. The van der Waals surface area contributed by atoms with Crippen molar-refractivity contribution in [3.05, 3.63) is 33.6 Å². The summed E-state index contributed by atoms with van der Waals surface area (Å²) in [4.78, 5) is 33.8. The molecule has 0 bridgehead atoms. The topological polar surface area (TPSA) is 82.8 Å². The molecule has 8 nitrogen and oxygen atoms in total. The van der Waals surface area contributed by atoms with Gasteiger partial charge in [0.05, 0.1) is 16.6 Å². The smallest absolute Gasteiger partial charge is 0.250 e. The number of rotatable bonds is 7. The Morgan fingerprint density at radius 1 is 1.35 bits per heavy atom. The highest BCUT2D eigenvalue weighted by Gasteiger charge is 2.34. The number of carbonyl (C=O) groups excluding carboxylic acids is 2. The molecular weight excluding hydrogens is 459 g/mol. The van der Waals surface area contributed by atoms with Gasteiger partial charge in [0, 0.05) is 35.5 Å². The number of fused-ring (bicyclic) bond motifs is 1. The fourth-order valence-electron chi connectivity index (χ4n) is 3.57. The third-order valence-corrected chi connectivity index (χ3v) is 6.51. The molecule has 31 heavy (non-hydrogen) atoms. The van der Waals surface area contributed by atoms with Crippen LogP contribution in [0.2, 0.25) is 10.0 Å². The quantitative estimate of drug-likeness (QED) is 0.559. The van der Waals surface area contributed by atoms with Crippen molar-refractivity contribution in [3.8, 4) is 11.3 Å². The second-order valence-corrected chi connectivity index (χ2v) is 9.44. The summed E-state index contributed by atoms with van der Waals surface area (Å²) in [5.41, 5.74) is 1.53. The number of nitrogens with zero attached hydrogens (tertiary/aromatic N) is 5. The molecule has 1 aliphatic rings. The fraction of sp³-hybridized carbons (Fsp3) is 0.400. The molecule has 164 valence electrons. The van der Waals surface area contributed by atoms with Crippen LogP contribution in [-0.2, 0) is 9.59 Å². The van der Waals surface area contributed by atoms with E-state index in [2.05, 4.69) is 20.3 Å². The van der Waals surface area contributed by atoms with E-state index in [-0.39, 0.29) is 24.2 Å². The third kappa shape index (κ3) is 4.85. The highest BCUT2D eigenvalue weighted by Crippen LogP contribution is 2.33. The molecule has 0 saturated carbocycles. The zero-order chi connectivity index (χ0) is 22.1. The van der Waals surface area contributed by atoms with Crippen molar-refractivity contribution in [2.75, 3.05) is 39.0 Å². The molecule has 11 heteroatoms. The normalized spacial score (nSPS) is 16.6. The van der Waals surface area contributed by atoms with E-state index in [1.807, 2.05) is 25.5 Å². The lowest BCUT2D eigenvalue weighted by atomic mass is 10.1. The number of halogens is 2. The van der Waals surface area contributed by atoms with Crippen molar-refractivity contribution in [1.82, 2.24) is 24.4 Å². The lowest BCUT2D eigenvalue weighted by Crippen LogP contribution is -2.30. The van der Waals surface area contributed by atoms with Crippen molar-refractivity contribution in [3.63, 3.8) is 0 Å². The van der Waals surface area contributed by atoms with Crippen LogP contribution >= 0.6 is 34.5 Å². The summed E-state index contributed by atoms with van der Waals surface area (Å²) < 4.78 is 1.64. The van der Waals surface area contributed by atoms with Crippen LogP contribution in [-0.4, -0.2) is 69.9 Å². The van der Waals surface area contributed by atoms with E-state index in [1.54, 1.807) is 21.5 Å². The summed E-state index contributed by atoms with van der Waals surface area (Å²) >= 11 is 13.7. The first kappa shape index (κ1) is 22.0. The van der Waals surface area contributed by atoms with Crippen LogP contribution in [0, 0.1) is 5.92 Å². The van der Waals surface area contributed by atoms with Crippen LogP contribution in [0.1, 0.15) is 12.8 Å². The highest BCUT2D eigenvalue weighted by atomic mass is 35.5. The molecule has 1 saturated heterocycles. The van der Waals surface area contributed by atoms with Crippen molar-refractivity contribution in [2.24, 2.45) is 5.92 Å². The van der Waals surface area contributed by atoms with Gasteiger partial charge in [0.15, 0.2) is 0 Å². The maximum Gasteiger partial charge on any atom is 0.250 e. The molecule has 1 atom stereocenters. The molecule has 1 unspecified atom stereocenters. The number of likely N-dealkylation sites (tertiary alicyclic amines) is 1. The van der Waals surface area contributed by atoms with Crippen LogP contribution in [0.5, 0.6) is 0 Å². The number of aromatic nitrogens is 3. The van der Waals surface area contributed by atoms with Crippen molar-refractivity contribution < 1.29 is 9.59 Å². The van der Waals surface area contributed by atoms with E-state index in [9.17, 15) is 9.59 Å². The Morgan fingerprint density at radius 2 is 2.16 bits per heavy atom. The Hall–Kier alpha value is -2.20. The zero-order valence-corrected chi connectivity index (χ0v) is 19.5. The largest absolute Gasteiger partial charge is 0.342 e. The van der Waals surface area contributed by atoms with Gasteiger partial charge in [-0.05, 0) is 45.3 Å². The molecule has 1 aromatic carbocycles. The van der Waals surface area contributed by atoms with Gasteiger partial charge in [-0.1, -0.05) is 23.2 Å². The molecule has 3 heterocycles. The van der Waals surface area contributed by atoms with E-state index in [0.29, 0.717) is 28.1 Å². The van der Waals surface area contributed by atoms with Crippen LogP contribution in [0.15, 0.2) is 23.6 Å². The minimum Gasteiger partial charge on any atom is -0.342 e. The van der Waals surface area contributed by atoms with Gasteiger partial charge in [0.2, 0.25) is 22.7 Å². The minimum atomic E-state index is -0.404.